The van der Waals surface area contributed by atoms with Crippen LogP contribution < -0.4 is 0 Å². The summed E-state index contributed by atoms with van der Waals surface area (Å²) in [6.45, 7) is 6.74. The molecule has 3 unspecified atom stereocenters. The third kappa shape index (κ3) is 4.41. The molecular weight excluding hydrogens is 268 g/mol. The highest BCUT2D eigenvalue weighted by Gasteiger charge is 2.34. The fourth-order valence-electron chi connectivity index (χ4n) is 2.33. The van der Waals surface area contributed by atoms with Crippen molar-refractivity contribution in [2.24, 2.45) is 5.92 Å². The molecule has 1 aromatic rings. The van der Waals surface area contributed by atoms with Gasteiger partial charge in [-0.15, -0.1) is 6.58 Å². The molecule has 0 spiro atoms. The molecule has 0 saturated carbocycles. The van der Waals surface area contributed by atoms with Gasteiger partial charge in [0.2, 0.25) is 0 Å². The van der Waals surface area contributed by atoms with Crippen molar-refractivity contribution in [1.29, 1.82) is 0 Å². The van der Waals surface area contributed by atoms with Crippen LogP contribution in [0.1, 0.15) is 30.1 Å². The molecule has 0 bridgehead atoms. The molecule has 0 amide bonds. The van der Waals surface area contributed by atoms with Crippen molar-refractivity contribution in [2.75, 3.05) is 13.2 Å². The molecule has 4 heteroatoms. The van der Waals surface area contributed by atoms with Crippen LogP contribution in [0.4, 0.5) is 0 Å². The van der Waals surface area contributed by atoms with E-state index in [1.165, 1.54) is 0 Å². The molecule has 1 aromatic carbocycles. The summed E-state index contributed by atoms with van der Waals surface area (Å²) >= 11 is 0. The fraction of sp³-hybridized carbons (Fsp3) is 0.471. The number of esters is 1. The second kappa shape index (κ2) is 7.96. The molecule has 3 atom stereocenters. The minimum Gasteiger partial charge on any atom is -0.453 e. The summed E-state index contributed by atoms with van der Waals surface area (Å²) in [5.41, 5.74) is 0.540. The number of carbonyl (C=O) groups is 1. The quantitative estimate of drug-likeness (QED) is 0.596. The number of carbonyl (C=O) groups excluding carboxylic acids is 1. The van der Waals surface area contributed by atoms with E-state index >= 15 is 0 Å². The lowest BCUT2D eigenvalue weighted by atomic mass is 9.97. The highest BCUT2D eigenvalue weighted by Crippen LogP contribution is 2.26. The van der Waals surface area contributed by atoms with E-state index < -0.39 is 6.29 Å². The Morgan fingerprint density at radius 1 is 1.43 bits per heavy atom. The van der Waals surface area contributed by atoms with Crippen molar-refractivity contribution >= 4 is 5.97 Å². The molecule has 4 nitrogen and oxygen atoms in total. The number of benzene rings is 1. The van der Waals surface area contributed by atoms with Crippen molar-refractivity contribution in [3.8, 4) is 0 Å². The van der Waals surface area contributed by atoms with Gasteiger partial charge in [-0.2, -0.15) is 0 Å². The zero-order chi connectivity index (χ0) is 15.1. The molecule has 0 radical (unpaired) electrons. The third-order valence-electron chi connectivity index (χ3n) is 3.59. The fourth-order valence-corrected chi connectivity index (χ4v) is 2.33. The topological polar surface area (TPSA) is 44.8 Å². The average molecular weight is 290 g/mol. The Morgan fingerprint density at radius 2 is 2.19 bits per heavy atom. The molecule has 21 heavy (non-hydrogen) atoms. The van der Waals surface area contributed by atoms with E-state index in [9.17, 15) is 4.79 Å². The first-order valence-corrected chi connectivity index (χ1v) is 7.34. The Labute approximate surface area is 125 Å². The first-order valence-electron chi connectivity index (χ1n) is 7.34. The van der Waals surface area contributed by atoms with Gasteiger partial charge in [0, 0.05) is 0 Å². The summed E-state index contributed by atoms with van der Waals surface area (Å²) < 4.78 is 16.8. The molecule has 114 valence electrons. The summed E-state index contributed by atoms with van der Waals surface area (Å²) in [4.78, 5) is 12.2. The maximum Gasteiger partial charge on any atom is 0.338 e. The van der Waals surface area contributed by atoms with Gasteiger partial charge in [0.25, 0.3) is 0 Å². The molecule has 0 aromatic heterocycles. The van der Waals surface area contributed by atoms with Crippen LogP contribution in [0.25, 0.3) is 0 Å². The molecule has 1 saturated heterocycles. The molecule has 1 aliphatic rings. The first kappa shape index (κ1) is 15.7. The standard InChI is InChI=1S/C17H22O4/c1-3-10-19-17-15(11-13(4-2)12-20-17)21-16(18)14-8-6-5-7-9-14/h3,5-9,13,15,17H,1,4,10-12H2,2H3. The van der Waals surface area contributed by atoms with Crippen molar-refractivity contribution < 1.29 is 19.0 Å². The van der Waals surface area contributed by atoms with E-state index in [0.717, 1.165) is 12.8 Å². The van der Waals surface area contributed by atoms with Crippen LogP contribution in [0.5, 0.6) is 0 Å². The van der Waals surface area contributed by atoms with Crippen LogP contribution in [0.2, 0.25) is 0 Å². The van der Waals surface area contributed by atoms with Crippen molar-refractivity contribution in [3.05, 3.63) is 48.6 Å². The van der Waals surface area contributed by atoms with E-state index in [0.29, 0.717) is 24.7 Å². The monoisotopic (exact) mass is 290 g/mol. The molecule has 1 aliphatic heterocycles. The van der Waals surface area contributed by atoms with Crippen molar-refractivity contribution in [1.82, 2.24) is 0 Å². The molecule has 1 fully saturated rings. The Hall–Kier alpha value is -1.65. The minimum absolute atomic E-state index is 0.340. The summed E-state index contributed by atoms with van der Waals surface area (Å²) in [5, 5.41) is 0. The van der Waals surface area contributed by atoms with E-state index in [2.05, 4.69) is 13.5 Å². The second-order valence-corrected chi connectivity index (χ2v) is 5.14. The van der Waals surface area contributed by atoms with E-state index in [4.69, 9.17) is 14.2 Å². The Morgan fingerprint density at radius 3 is 2.86 bits per heavy atom. The number of rotatable bonds is 6. The Balaban J connectivity index is 2.01. The number of hydrogen-bond acceptors (Lipinski definition) is 4. The minimum atomic E-state index is -0.515. The van der Waals surface area contributed by atoms with Crippen LogP contribution >= 0.6 is 0 Å². The highest BCUT2D eigenvalue weighted by atomic mass is 16.7. The number of hydrogen-bond donors (Lipinski definition) is 0. The van der Waals surface area contributed by atoms with Gasteiger partial charge in [-0.3, -0.25) is 0 Å². The predicted octanol–water partition coefficient (Wildman–Crippen LogP) is 3.19. The van der Waals surface area contributed by atoms with Gasteiger partial charge in [-0.25, -0.2) is 4.79 Å². The van der Waals surface area contributed by atoms with Crippen LogP contribution in [0.15, 0.2) is 43.0 Å². The molecule has 1 heterocycles. The van der Waals surface area contributed by atoms with Crippen LogP contribution in [-0.4, -0.2) is 31.6 Å². The Kier molecular flexibility index (Phi) is 5.96. The van der Waals surface area contributed by atoms with Gasteiger partial charge in [0.1, 0.15) is 0 Å². The van der Waals surface area contributed by atoms with E-state index in [1.54, 1.807) is 18.2 Å². The van der Waals surface area contributed by atoms with E-state index in [1.807, 2.05) is 18.2 Å². The van der Waals surface area contributed by atoms with Gasteiger partial charge in [-0.05, 0) is 24.5 Å². The number of ether oxygens (including phenoxy) is 3. The van der Waals surface area contributed by atoms with Crippen LogP contribution in [0.3, 0.4) is 0 Å². The first-order chi connectivity index (χ1) is 10.2. The molecule has 0 aliphatic carbocycles. The SMILES string of the molecule is C=CCOC1OCC(CC)CC1OC(=O)c1ccccc1. The third-order valence-corrected chi connectivity index (χ3v) is 3.59. The lowest BCUT2D eigenvalue weighted by molar-refractivity contribution is -0.222. The predicted molar refractivity (Wildman–Crippen MR) is 79.9 cm³/mol. The smallest absolute Gasteiger partial charge is 0.338 e. The molecular formula is C17H22O4. The maximum atomic E-state index is 12.2. The molecule has 0 N–H and O–H groups in total. The summed E-state index contributed by atoms with van der Waals surface area (Å²) in [6, 6.07) is 8.97. The van der Waals surface area contributed by atoms with Gasteiger partial charge < -0.3 is 14.2 Å². The zero-order valence-corrected chi connectivity index (χ0v) is 12.4. The van der Waals surface area contributed by atoms with Gasteiger partial charge in [0.05, 0.1) is 18.8 Å². The molecule has 2 rings (SSSR count). The lowest BCUT2D eigenvalue weighted by Gasteiger charge is -2.35. The Bertz CT molecular complexity index is 457. The van der Waals surface area contributed by atoms with Gasteiger partial charge >= 0.3 is 5.97 Å². The van der Waals surface area contributed by atoms with Gasteiger partial charge in [-0.1, -0.05) is 37.6 Å². The zero-order valence-electron chi connectivity index (χ0n) is 12.4. The van der Waals surface area contributed by atoms with Gasteiger partial charge in [0.15, 0.2) is 12.4 Å². The second-order valence-electron chi connectivity index (χ2n) is 5.14. The largest absolute Gasteiger partial charge is 0.453 e. The average Bonchev–Trinajstić information content (AvgIpc) is 2.54. The summed E-state index contributed by atoms with van der Waals surface area (Å²) in [5.74, 6) is 0.0512. The van der Waals surface area contributed by atoms with Crippen LogP contribution in [-0.2, 0) is 14.2 Å². The van der Waals surface area contributed by atoms with Crippen molar-refractivity contribution in [2.45, 2.75) is 32.2 Å². The summed E-state index contributed by atoms with van der Waals surface area (Å²) in [7, 11) is 0. The maximum absolute atomic E-state index is 12.2. The van der Waals surface area contributed by atoms with Crippen molar-refractivity contribution in [3.63, 3.8) is 0 Å². The van der Waals surface area contributed by atoms with Crippen LogP contribution in [0, 0.1) is 5.92 Å². The van der Waals surface area contributed by atoms with E-state index in [-0.39, 0.29) is 12.1 Å². The highest BCUT2D eigenvalue weighted by molar-refractivity contribution is 5.89. The lowest BCUT2D eigenvalue weighted by Crippen LogP contribution is -2.43. The summed E-state index contributed by atoms with van der Waals surface area (Å²) in [6.07, 6.45) is 2.52. The normalized spacial score (nSPS) is 25.3.